The third-order valence-electron chi connectivity index (χ3n) is 6.16. The van der Waals surface area contributed by atoms with E-state index < -0.39 is 5.54 Å². The van der Waals surface area contributed by atoms with E-state index in [-0.39, 0.29) is 17.7 Å². The van der Waals surface area contributed by atoms with E-state index in [1.54, 1.807) is 13.3 Å². The van der Waals surface area contributed by atoms with Crippen LogP contribution in [0.3, 0.4) is 0 Å². The van der Waals surface area contributed by atoms with Crippen LogP contribution in [0.25, 0.3) is 0 Å². The number of rotatable bonds is 4. The first-order valence-electron chi connectivity index (χ1n) is 10.2. The zero-order valence-electron chi connectivity index (χ0n) is 16.8. The first-order chi connectivity index (χ1) is 14.1. The SMILES string of the molecule is COc1ccc(CC(=O)N2C[C@@H](c3cccnc3)[C@@]3(CCCCC(=O)N3)C2)cc1. The Balaban J connectivity index is 1.57. The number of amides is 2. The second kappa shape index (κ2) is 8.23. The highest BCUT2D eigenvalue weighted by Gasteiger charge is 2.49. The molecule has 6 nitrogen and oxygen atoms in total. The summed E-state index contributed by atoms with van der Waals surface area (Å²) in [7, 11) is 1.63. The first-order valence-corrected chi connectivity index (χ1v) is 10.2. The zero-order chi connectivity index (χ0) is 20.3. The summed E-state index contributed by atoms with van der Waals surface area (Å²) in [6.45, 7) is 1.15. The molecule has 2 fully saturated rings. The van der Waals surface area contributed by atoms with Crippen LogP contribution in [0.5, 0.6) is 5.75 Å². The molecule has 6 heteroatoms. The summed E-state index contributed by atoms with van der Waals surface area (Å²) in [4.78, 5) is 31.7. The topological polar surface area (TPSA) is 71.5 Å². The molecule has 0 aliphatic carbocycles. The number of carbonyl (C=O) groups excluding carboxylic acids is 2. The Hall–Kier alpha value is -2.89. The molecule has 4 rings (SSSR count). The van der Waals surface area contributed by atoms with Crippen molar-refractivity contribution < 1.29 is 14.3 Å². The Morgan fingerprint density at radius 2 is 2.10 bits per heavy atom. The van der Waals surface area contributed by atoms with Gasteiger partial charge >= 0.3 is 0 Å². The summed E-state index contributed by atoms with van der Waals surface area (Å²) in [6, 6.07) is 11.6. The van der Waals surface area contributed by atoms with Crippen molar-refractivity contribution in [3.63, 3.8) is 0 Å². The maximum atomic E-state index is 13.1. The van der Waals surface area contributed by atoms with Crippen molar-refractivity contribution >= 4 is 11.8 Å². The lowest BCUT2D eigenvalue weighted by Gasteiger charge is -2.34. The molecule has 2 aromatic rings. The van der Waals surface area contributed by atoms with E-state index in [1.807, 2.05) is 47.5 Å². The molecule has 152 valence electrons. The number of carbonyl (C=O) groups is 2. The summed E-state index contributed by atoms with van der Waals surface area (Å²) in [5, 5.41) is 3.29. The van der Waals surface area contributed by atoms with Crippen molar-refractivity contribution in [2.45, 2.75) is 43.6 Å². The summed E-state index contributed by atoms with van der Waals surface area (Å²) < 4.78 is 5.19. The molecule has 2 aliphatic rings. The van der Waals surface area contributed by atoms with Crippen molar-refractivity contribution in [2.75, 3.05) is 20.2 Å². The van der Waals surface area contributed by atoms with Gasteiger partial charge in [0, 0.05) is 37.8 Å². The normalized spacial score (nSPS) is 24.2. The van der Waals surface area contributed by atoms with E-state index in [4.69, 9.17) is 4.74 Å². The van der Waals surface area contributed by atoms with Crippen molar-refractivity contribution in [3.05, 3.63) is 59.9 Å². The molecule has 0 radical (unpaired) electrons. The minimum absolute atomic E-state index is 0.0538. The van der Waals surface area contributed by atoms with Gasteiger partial charge in [0.15, 0.2) is 0 Å². The molecule has 0 saturated carbocycles. The predicted octanol–water partition coefficient (Wildman–Crippen LogP) is 2.69. The Kier molecular flexibility index (Phi) is 5.51. The van der Waals surface area contributed by atoms with E-state index in [0.717, 1.165) is 36.1 Å². The fourth-order valence-electron chi connectivity index (χ4n) is 4.65. The van der Waals surface area contributed by atoms with Gasteiger partial charge in [-0.05, 0) is 42.2 Å². The summed E-state index contributed by atoms with van der Waals surface area (Å²) in [5.74, 6) is 0.998. The van der Waals surface area contributed by atoms with Crippen LogP contribution in [0, 0.1) is 0 Å². The van der Waals surface area contributed by atoms with Crippen molar-refractivity contribution in [1.29, 1.82) is 0 Å². The number of methoxy groups -OCH3 is 1. The van der Waals surface area contributed by atoms with E-state index in [9.17, 15) is 9.59 Å². The Morgan fingerprint density at radius 3 is 2.83 bits per heavy atom. The minimum Gasteiger partial charge on any atom is -0.497 e. The molecule has 2 aliphatic heterocycles. The molecular formula is C23H27N3O3. The van der Waals surface area contributed by atoms with Crippen LogP contribution in [0.4, 0.5) is 0 Å². The Labute approximate surface area is 171 Å². The van der Waals surface area contributed by atoms with E-state index in [2.05, 4.69) is 10.3 Å². The molecule has 2 saturated heterocycles. The molecule has 2 amide bonds. The third kappa shape index (κ3) is 4.11. The van der Waals surface area contributed by atoms with E-state index >= 15 is 0 Å². The largest absolute Gasteiger partial charge is 0.497 e. The van der Waals surface area contributed by atoms with Crippen molar-refractivity contribution in [1.82, 2.24) is 15.2 Å². The molecule has 1 spiro atoms. The van der Waals surface area contributed by atoms with Gasteiger partial charge in [-0.25, -0.2) is 0 Å². The lowest BCUT2D eigenvalue weighted by Crippen LogP contribution is -2.53. The number of ether oxygens (including phenoxy) is 1. The maximum Gasteiger partial charge on any atom is 0.227 e. The maximum absolute atomic E-state index is 13.1. The summed E-state index contributed by atoms with van der Waals surface area (Å²) in [5.41, 5.74) is 1.63. The summed E-state index contributed by atoms with van der Waals surface area (Å²) in [6.07, 6.45) is 7.27. The van der Waals surface area contributed by atoms with Crippen LogP contribution in [-0.2, 0) is 16.0 Å². The standard InChI is InChI=1S/C23H27N3O3/c1-29-19-9-7-17(8-10-19)13-22(28)26-15-20(18-5-4-12-24-14-18)23(16-26)11-3-2-6-21(27)25-23/h4-5,7-10,12,14,20H,2-3,6,11,13,15-16H2,1H3,(H,25,27)/t20-,23+/m0/s1. The quantitative estimate of drug-likeness (QED) is 0.867. The number of aromatic nitrogens is 1. The van der Waals surface area contributed by atoms with Gasteiger partial charge in [0.25, 0.3) is 0 Å². The predicted molar refractivity (Wildman–Crippen MR) is 110 cm³/mol. The van der Waals surface area contributed by atoms with Crippen LogP contribution in [0.1, 0.15) is 42.7 Å². The highest BCUT2D eigenvalue weighted by Crippen LogP contribution is 2.40. The molecular weight excluding hydrogens is 366 g/mol. The summed E-state index contributed by atoms with van der Waals surface area (Å²) >= 11 is 0. The smallest absolute Gasteiger partial charge is 0.227 e. The van der Waals surface area contributed by atoms with Gasteiger partial charge in [0.2, 0.25) is 11.8 Å². The second-order valence-corrected chi connectivity index (χ2v) is 8.05. The van der Waals surface area contributed by atoms with Gasteiger partial charge in [-0.1, -0.05) is 24.6 Å². The first kappa shape index (κ1) is 19.4. The third-order valence-corrected chi connectivity index (χ3v) is 6.16. The fourth-order valence-corrected chi connectivity index (χ4v) is 4.65. The van der Waals surface area contributed by atoms with Crippen molar-refractivity contribution in [3.8, 4) is 5.75 Å². The zero-order valence-corrected chi connectivity index (χ0v) is 16.8. The fraction of sp³-hybridized carbons (Fsp3) is 0.435. The molecule has 3 heterocycles. The van der Waals surface area contributed by atoms with Crippen LogP contribution >= 0.6 is 0 Å². The average molecular weight is 393 g/mol. The van der Waals surface area contributed by atoms with E-state index in [0.29, 0.717) is 25.9 Å². The number of nitrogens with one attached hydrogen (secondary N) is 1. The van der Waals surface area contributed by atoms with Gasteiger partial charge in [0.1, 0.15) is 5.75 Å². The molecule has 1 aromatic heterocycles. The Bertz CT molecular complexity index is 869. The van der Waals surface area contributed by atoms with Gasteiger partial charge in [-0.3, -0.25) is 14.6 Å². The van der Waals surface area contributed by atoms with Crippen LogP contribution < -0.4 is 10.1 Å². The highest BCUT2D eigenvalue weighted by atomic mass is 16.5. The number of pyridine rings is 1. The molecule has 29 heavy (non-hydrogen) atoms. The number of hydrogen-bond acceptors (Lipinski definition) is 4. The van der Waals surface area contributed by atoms with Crippen molar-refractivity contribution in [2.24, 2.45) is 0 Å². The molecule has 1 aromatic carbocycles. The second-order valence-electron chi connectivity index (χ2n) is 8.05. The van der Waals surface area contributed by atoms with Gasteiger partial charge in [-0.2, -0.15) is 0 Å². The van der Waals surface area contributed by atoms with Crippen LogP contribution in [-0.4, -0.2) is 47.4 Å². The number of likely N-dealkylation sites (tertiary alicyclic amines) is 1. The number of hydrogen-bond donors (Lipinski definition) is 1. The van der Waals surface area contributed by atoms with Gasteiger partial charge in [-0.15, -0.1) is 0 Å². The average Bonchev–Trinajstić information content (AvgIpc) is 3.00. The minimum atomic E-state index is -0.411. The van der Waals surface area contributed by atoms with E-state index in [1.165, 1.54) is 0 Å². The molecule has 2 atom stereocenters. The van der Waals surface area contributed by atoms with Crippen LogP contribution in [0.15, 0.2) is 48.8 Å². The Morgan fingerprint density at radius 1 is 1.28 bits per heavy atom. The lowest BCUT2D eigenvalue weighted by molar-refractivity contribution is -0.130. The monoisotopic (exact) mass is 393 g/mol. The highest BCUT2D eigenvalue weighted by molar-refractivity contribution is 5.81. The van der Waals surface area contributed by atoms with Gasteiger partial charge < -0.3 is 15.0 Å². The molecule has 0 unspecified atom stereocenters. The van der Waals surface area contributed by atoms with Crippen LogP contribution in [0.2, 0.25) is 0 Å². The molecule has 0 bridgehead atoms. The van der Waals surface area contributed by atoms with Gasteiger partial charge in [0.05, 0.1) is 19.1 Å². The lowest BCUT2D eigenvalue weighted by atomic mass is 9.79. The number of benzene rings is 1. The molecule has 1 N–H and O–H groups in total. The number of nitrogens with zero attached hydrogens (tertiary/aromatic N) is 2.